The molecule has 0 aromatic carbocycles. The van der Waals surface area contributed by atoms with Crippen molar-refractivity contribution in [2.24, 2.45) is 0 Å². The molecule has 0 nitrogen and oxygen atoms in total. The van der Waals surface area contributed by atoms with Crippen molar-refractivity contribution in [1.29, 1.82) is 0 Å². The molecule has 242 valence electrons. The highest BCUT2D eigenvalue weighted by atomic mass is 79.9. The smallest absolute Gasteiger partial charge is 0.0461 e. The van der Waals surface area contributed by atoms with Crippen LogP contribution in [0.3, 0.4) is 0 Å². The highest BCUT2D eigenvalue weighted by molar-refractivity contribution is 9.10. The van der Waals surface area contributed by atoms with Crippen molar-refractivity contribution in [3.63, 3.8) is 0 Å². The summed E-state index contributed by atoms with van der Waals surface area (Å²) >= 11 is 17.9. The lowest BCUT2D eigenvalue weighted by Crippen LogP contribution is -2.14. The molecule has 0 aliphatic rings. The minimum Gasteiger partial charge on any atom is -0.122 e. The average Bonchev–Trinajstić information content (AvgIpc) is 2.92. The van der Waals surface area contributed by atoms with Gasteiger partial charge in [0.15, 0.2) is 0 Å². The Balaban J connectivity index is 3.28. The molecule has 0 bridgehead atoms. The third-order valence-electron chi connectivity index (χ3n) is 8.56. The van der Waals surface area contributed by atoms with Gasteiger partial charge in [-0.05, 0) is 25.7 Å². The summed E-state index contributed by atoms with van der Waals surface area (Å²) in [7, 11) is 0. The van der Waals surface area contributed by atoms with E-state index in [-0.39, 0.29) is 0 Å². The molecule has 0 aliphatic heterocycles. The molecule has 0 saturated heterocycles. The molecule has 0 rings (SSSR count). The van der Waals surface area contributed by atoms with Crippen molar-refractivity contribution in [3.05, 3.63) is 0 Å². The van der Waals surface area contributed by atoms with E-state index in [1.54, 1.807) is 0 Å². The fourth-order valence-corrected chi connectivity index (χ4v) is 7.30. The summed E-state index contributed by atoms with van der Waals surface area (Å²) in [6, 6.07) is 0. The summed E-state index contributed by atoms with van der Waals surface area (Å²) < 4.78 is 0. The molecule has 4 unspecified atom stereocenters. The minimum atomic E-state index is 0.316. The van der Waals surface area contributed by atoms with E-state index >= 15 is 0 Å². The van der Waals surface area contributed by atoms with Crippen molar-refractivity contribution in [2.45, 2.75) is 226 Å². The van der Waals surface area contributed by atoms with Gasteiger partial charge in [0.2, 0.25) is 0 Å². The normalized spacial score (nSPS) is 14.8. The predicted octanol–water partition coefficient (Wildman–Crippen LogP) is 15.6. The van der Waals surface area contributed by atoms with E-state index in [0.717, 1.165) is 0 Å². The number of unbranched alkanes of at least 4 members (excludes halogenated alkanes) is 24. The average molecular weight is 778 g/mol. The Bertz CT molecular complexity index is 429. The van der Waals surface area contributed by atoms with Gasteiger partial charge >= 0.3 is 0 Å². The van der Waals surface area contributed by atoms with Crippen LogP contribution in [0.25, 0.3) is 0 Å². The molecular weight excluding hydrogens is 708 g/mol. The van der Waals surface area contributed by atoms with Gasteiger partial charge in [-0.25, -0.2) is 0 Å². The van der Waals surface area contributed by atoms with Crippen LogP contribution in [0.2, 0.25) is 0 Å². The van der Waals surface area contributed by atoms with E-state index in [0.29, 0.717) is 19.9 Å². The van der Waals surface area contributed by atoms with Gasteiger partial charge < -0.3 is 0 Å². The SMILES string of the molecule is CC(Br)CCCCCCCCCCCCCCCC(Cl)C(Br)CCCCCCCCCCCCCCCC(C)Br. The summed E-state index contributed by atoms with van der Waals surface area (Å²) in [6.07, 6.45) is 42.1. The Morgan fingerprint density at radius 3 is 0.775 bits per heavy atom. The third kappa shape index (κ3) is 34.2. The van der Waals surface area contributed by atoms with E-state index < -0.39 is 0 Å². The second-order valence-electron chi connectivity index (χ2n) is 12.9. The van der Waals surface area contributed by atoms with Gasteiger partial charge in [-0.1, -0.05) is 229 Å². The molecule has 0 aromatic rings. The highest BCUT2D eigenvalue weighted by Gasteiger charge is 2.15. The van der Waals surface area contributed by atoms with Crippen LogP contribution in [-0.4, -0.2) is 19.9 Å². The Hall–Kier alpha value is 1.73. The number of hydrogen-bond donors (Lipinski definition) is 0. The first-order valence-electron chi connectivity index (χ1n) is 18.0. The van der Waals surface area contributed by atoms with Crippen LogP contribution < -0.4 is 0 Å². The second-order valence-corrected chi connectivity index (χ2v) is 17.8. The summed E-state index contributed by atoms with van der Waals surface area (Å²) in [6.45, 7) is 4.52. The first-order valence-corrected chi connectivity index (χ1v) is 21.2. The standard InChI is InChI=1S/C36H70Br3Cl/c1-33(37)29-25-21-17-13-9-5-3-7-11-15-19-23-27-31-35(39)36(40)32-28-24-20-16-12-8-4-6-10-14-18-22-26-30-34(2)38/h33-36H,3-32H2,1-2H3. The lowest BCUT2D eigenvalue weighted by atomic mass is 10.0. The molecule has 0 heterocycles. The number of alkyl halides is 4. The predicted molar refractivity (Wildman–Crippen MR) is 198 cm³/mol. The van der Waals surface area contributed by atoms with Crippen molar-refractivity contribution < 1.29 is 0 Å². The highest BCUT2D eigenvalue weighted by Crippen LogP contribution is 2.25. The molecule has 40 heavy (non-hydrogen) atoms. The molecule has 0 spiro atoms. The topological polar surface area (TPSA) is 0 Å². The first kappa shape index (κ1) is 41.7. The van der Waals surface area contributed by atoms with Crippen LogP contribution >= 0.6 is 59.4 Å². The quantitative estimate of drug-likeness (QED) is 0.0460. The second kappa shape index (κ2) is 33.6. The van der Waals surface area contributed by atoms with Gasteiger partial charge in [-0.3, -0.25) is 0 Å². The van der Waals surface area contributed by atoms with E-state index in [2.05, 4.69) is 61.6 Å². The fourth-order valence-electron chi connectivity index (χ4n) is 5.78. The maximum Gasteiger partial charge on any atom is 0.0461 e. The number of rotatable bonds is 33. The van der Waals surface area contributed by atoms with Gasteiger partial charge in [0.25, 0.3) is 0 Å². The number of halogens is 4. The molecular formula is C36H70Br3Cl. The van der Waals surface area contributed by atoms with E-state index in [4.69, 9.17) is 11.6 Å². The van der Waals surface area contributed by atoms with Crippen LogP contribution in [0.4, 0.5) is 0 Å². The van der Waals surface area contributed by atoms with Gasteiger partial charge in [0, 0.05) is 19.9 Å². The van der Waals surface area contributed by atoms with E-state index in [1.165, 1.54) is 193 Å². The van der Waals surface area contributed by atoms with Crippen LogP contribution in [-0.2, 0) is 0 Å². The monoisotopic (exact) mass is 774 g/mol. The third-order valence-corrected chi connectivity index (χ3v) is 11.4. The van der Waals surface area contributed by atoms with Gasteiger partial charge in [-0.2, -0.15) is 0 Å². The molecule has 0 fully saturated rings. The summed E-state index contributed by atoms with van der Waals surface area (Å²) in [5.41, 5.74) is 0. The fraction of sp³-hybridized carbons (Fsp3) is 1.00. The van der Waals surface area contributed by atoms with Crippen LogP contribution in [0.5, 0.6) is 0 Å². The van der Waals surface area contributed by atoms with Crippen molar-refractivity contribution in [3.8, 4) is 0 Å². The van der Waals surface area contributed by atoms with Gasteiger partial charge in [0.05, 0.1) is 0 Å². The van der Waals surface area contributed by atoms with Gasteiger partial charge in [-0.15, -0.1) is 11.6 Å². The molecule has 0 saturated carbocycles. The minimum absolute atomic E-state index is 0.316. The molecule has 0 N–H and O–H groups in total. The molecule has 0 amide bonds. The Morgan fingerprint density at radius 2 is 0.525 bits per heavy atom. The van der Waals surface area contributed by atoms with E-state index in [1.807, 2.05) is 0 Å². The summed E-state index contributed by atoms with van der Waals surface area (Å²) in [4.78, 5) is 1.90. The Kier molecular flexibility index (Phi) is 35.1. The van der Waals surface area contributed by atoms with Crippen molar-refractivity contribution in [2.75, 3.05) is 0 Å². The van der Waals surface area contributed by atoms with Crippen LogP contribution in [0.1, 0.15) is 206 Å². The van der Waals surface area contributed by atoms with Crippen molar-refractivity contribution in [1.82, 2.24) is 0 Å². The number of hydrogen-bond acceptors (Lipinski definition) is 0. The zero-order valence-electron chi connectivity index (χ0n) is 27.0. The summed E-state index contributed by atoms with van der Waals surface area (Å²) in [5, 5.41) is 0.316. The molecule has 0 aromatic heterocycles. The van der Waals surface area contributed by atoms with E-state index in [9.17, 15) is 0 Å². The lowest BCUT2D eigenvalue weighted by molar-refractivity contribution is 0.518. The van der Waals surface area contributed by atoms with Gasteiger partial charge in [0.1, 0.15) is 0 Å². The zero-order valence-corrected chi connectivity index (χ0v) is 32.5. The maximum absolute atomic E-state index is 6.72. The molecule has 4 atom stereocenters. The largest absolute Gasteiger partial charge is 0.122 e. The summed E-state index contributed by atoms with van der Waals surface area (Å²) in [5.74, 6) is 0. The Labute approximate surface area is 283 Å². The maximum atomic E-state index is 6.72. The molecule has 4 heteroatoms. The molecule has 0 aliphatic carbocycles. The van der Waals surface area contributed by atoms with Crippen LogP contribution in [0.15, 0.2) is 0 Å². The Morgan fingerprint density at radius 1 is 0.325 bits per heavy atom. The lowest BCUT2D eigenvalue weighted by Gasteiger charge is -2.16. The van der Waals surface area contributed by atoms with Crippen molar-refractivity contribution >= 4 is 59.4 Å². The zero-order chi connectivity index (χ0) is 29.5. The molecule has 0 radical (unpaired) electrons. The van der Waals surface area contributed by atoms with Crippen LogP contribution in [0, 0.1) is 0 Å². The first-order chi connectivity index (χ1) is 19.4.